The zero-order valence-electron chi connectivity index (χ0n) is 27.6. The van der Waals surface area contributed by atoms with E-state index in [9.17, 15) is 51.9 Å². The molecule has 0 fully saturated rings. The number of rotatable bonds is 4. The fraction of sp³-hybridized carbons (Fsp3) is 0. The number of fused-ring (bicyclic) bond motifs is 20. The first-order valence-corrected chi connectivity index (χ1v) is 21.3. The minimum absolute atomic E-state index is 0. The molecule has 0 spiro atoms. The topological polar surface area (TPSA) is 326 Å². The van der Waals surface area contributed by atoms with Crippen molar-refractivity contribution in [1.29, 1.82) is 0 Å². The van der Waals surface area contributed by atoms with Gasteiger partial charge in [-0.15, -0.1) is 0 Å². The van der Waals surface area contributed by atoms with Crippen molar-refractivity contribution in [2.75, 3.05) is 0 Å². The Hall–Kier alpha value is -1.60. The van der Waals surface area contributed by atoms with Crippen molar-refractivity contribution in [3.05, 3.63) is 72.8 Å². The molecule has 6 N–H and O–H groups in total. The van der Waals surface area contributed by atoms with Gasteiger partial charge in [0.05, 0.1) is 10.8 Å². The van der Waals surface area contributed by atoms with Crippen molar-refractivity contribution in [3.8, 4) is 45.6 Å². The van der Waals surface area contributed by atoms with Crippen LogP contribution in [0.5, 0.6) is 0 Å². The van der Waals surface area contributed by atoms with Gasteiger partial charge < -0.3 is 9.97 Å². The van der Waals surface area contributed by atoms with Gasteiger partial charge in [0.15, 0.2) is 23.3 Å². The summed E-state index contributed by atoms with van der Waals surface area (Å²) in [4.78, 5) is 24.5. The van der Waals surface area contributed by atoms with Crippen LogP contribution in [-0.4, -0.2) is 210 Å². The van der Waals surface area contributed by atoms with Gasteiger partial charge in [0.1, 0.15) is 42.2 Å². The number of aromatic amines is 2. The second-order valence-corrected chi connectivity index (χ2v) is 17.6. The Morgan fingerprint density at radius 1 is 0.361 bits per heavy atom. The molecule has 0 saturated heterocycles. The molecule has 3 aromatic heterocycles. The van der Waals surface area contributed by atoms with E-state index in [4.69, 9.17) is 9.97 Å². The van der Waals surface area contributed by atoms with E-state index in [0.717, 1.165) is 0 Å². The average molecular weight is 994 g/mol. The predicted molar refractivity (Wildman–Crippen MR) is 224 cm³/mol. The number of aromatic nitrogens is 8. The van der Waals surface area contributed by atoms with Crippen LogP contribution in [0.4, 0.5) is 0 Å². The third kappa shape index (κ3) is 9.03. The number of nitrogens with one attached hydrogen (secondary N) is 2. The van der Waals surface area contributed by atoms with Crippen LogP contribution in [0.1, 0.15) is 0 Å². The molecule has 301 valence electrons. The summed E-state index contributed by atoms with van der Waals surface area (Å²) < 4.78 is 146. The molecule has 1 radical (unpaired) electrons. The molecular formula is C32H22CuN8Na4O12S4. The first-order valence-electron chi connectivity index (χ1n) is 15.5. The van der Waals surface area contributed by atoms with Crippen molar-refractivity contribution in [2.24, 2.45) is 0 Å². The Bertz CT molecular complexity index is 3400. The van der Waals surface area contributed by atoms with Crippen LogP contribution in [0.15, 0.2) is 92.4 Å². The van der Waals surface area contributed by atoms with Crippen LogP contribution >= 0.6 is 0 Å². The molecule has 8 bridgehead atoms. The minimum atomic E-state index is -6.24. The van der Waals surface area contributed by atoms with Crippen molar-refractivity contribution >= 4 is 203 Å². The first-order chi connectivity index (χ1) is 26.3. The van der Waals surface area contributed by atoms with Crippen molar-refractivity contribution in [1.82, 2.24) is 39.9 Å². The molecular weight excluding hydrogens is 972 g/mol. The van der Waals surface area contributed by atoms with Gasteiger partial charge in [-0.05, 0) is 0 Å². The number of hydrogen-bond acceptors (Lipinski definition) is 14. The molecule has 0 amide bonds. The number of hydrogen-bond donors (Lipinski definition) is 6. The van der Waals surface area contributed by atoms with Gasteiger partial charge in [0, 0.05) is 50.1 Å². The monoisotopic (exact) mass is 993 g/mol. The van der Waals surface area contributed by atoms with E-state index in [-0.39, 0.29) is 170 Å². The van der Waals surface area contributed by atoms with Crippen LogP contribution in [0.25, 0.3) is 89.7 Å². The van der Waals surface area contributed by atoms with Gasteiger partial charge in [0.25, 0.3) is 40.5 Å². The van der Waals surface area contributed by atoms with E-state index in [1.54, 1.807) is 60.7 Å². The summed E-state index contributed by atoms with van der Waals surface area (Å²) in [6.07, 6.45) is 0. The Labute approximate surface area is 443 Å². The molecule has 7 aromatic rings. The maximum atomic E-state index is 13.2. The maximum absolute atomic E-state index is 13.2. The number of H-pyrrole nitrogens is 2. The predicted octanol–water partition coefficient (Wildman–Crippen LogP) is 1.26. The SMILES string of the molecule is O=S(=O)(O)c1c(S(=O)(=O)O)c(S(=O)(=O)O)c2c3nc4nc(nc5[nH]c(nc6nc(nc([nH]3)c2c1S(=O)(=O)O)-c1ccccc1-6)c1ccccc51)-c1ccccc1-4.[Cu].[NaH].[NaH].[NaH].[NaH]. The van der Waals surface area contributed by atoms with E-state index in [1.165, 1.54) is 12.1 Å². The molecule has 29 heteroatoms. The van der Waals surface area contributed by atoms with Crippen LogP contribution in [-0.2, 0) is 57.5 Å². The summed E-state index contributed by atoms with van der Waals surface area (Å²) in [5.74, 6) is -0.428. The molecule has 2 aliphatic heterocycles. The van der Waals surface area contributed by atoms with E-state index in [2.05, 4.69) is 29.9 Å². The molecule has 0 saturated carbocycles. The van der Waals surface area contributed by atoms with E-state index >= 15 is 0 Å². The van der Waals surface area contributed by atoms with E-state index in [0.29, 0.717) is 33.2 Å². The standard InChI is InChI=1S/C32H18N8O12S4.Cu.4Na.4H/c41-53(42,43)21-19-20(22(54(44,45)46)24(56(50,51)52)23(21)55(47,48)49)32-39-30-18-12-6-4-10-16(18)28(37-30)35-26-14-8-2-1-7-13(14)25(33-26)34-27-15-9-3-5-11-17(15)29(36-27)38-31(19)40-32;;;;;;;;;/h1-12H,(H,41,42,43)(H,44,45,46)(H,47,48,49)(H,50,51,52)(H2,33,34,35,36,37,38,39,40);;;;;;;;;. The summed E-state index contributed by atoms with van der Waals surface area (Å²) in [6.45, 7) is 0. The summed E-state index contributed by atoms with van der Waals surface area (Å²) in [6, 6.07) is 19.9. The van der Waals surface area contributed by atoms with Crippen LogP contribution < -0.4 is 0 Å². The quantitative estimate of drug-likeness (QED) is 0.107. The third-order valence-corrected chi connectivity index (χ3v) is 12.9. The Kier molecular flexibility index (Phi) is 15.7. The first kappa shape index (κ1) is 52.0. The molecule has 2 aliphatic rings. The van der Waals surface area contributed by atoms with Gasteiger partial charge in [-0.2, -0.15) is 33.7 Å². The number of benzene rings is 4. The second-order valence-electron chi connectivity index (χ2n) is 12.2. The van der Waals surface area contributed by atoms with Gasteiger partial charge in [0.2, 0.25) is 0 Å². The van der Waals surface area contributed by atoms with Crippen molar-refractivity contribution in [2.45, 2.75) is 19.6 Å². The van der Waals surface area contributed by atoms with E-state index < -0.39 is 82.1 Å². The molecule has 0 atom stereocenters. The van der Waals surface area contributed by atoms with Crippen molar-refractivity contribution < 1.29 is 69.0 Å². The Morgan fingerprint density at radius 3 is 0.885 bits per heavy atom. The van der Waals surface area contributed by atoms with E-state index in [1.807, 2.05) is 0 Å². The normalized spacial score (nSPS) is 12.1. The summed E-state index contributed by atoms with van der Waals surface area (Å²) >= 11 is 0. The zero-order chi connectivity index (χ0) is 39.7. The van der Waals surface area contributed by atoms with Gasteiger partial charge in [-0.1, -0.05) is 72.8 Å². The van der Waals surface area contributed by atoms with Crippen LogP contribution in [0, 0.1) is 0 Å². The molecule has 4 aromatic carbocycles. The molecule has 20 nitrogen and oxygen atoms in total. The molecule has 0 unspecified atom stereocenters. The zero-order valence-corrected chi connectivity index (χ0v) is 31.8. The summed E-state index contributed by atoms with van der Waals surface area (Å²) in [7, 11) is -24.6. The van der Waals surface area contributed by atoms with Crippen LogP contribution in [0.2, 0.25) is 0 Å². The molecule has 0 aliphatic carbocycles. The number of nitrogens with zero attached hydrogens (tertiary/aromatic N) is 6. The Balaban J connectivity index is 0.00000164. The molecule has 9 rings (SSSR count). The third-order valence-electron chi connectivity index (χ3n) is 8.85. The van der Waals surface area contributed by atoms with Gasteiger partial charge >= 0.3 is 118 Å². The van der Waals surface area contributed by atoms with Gasteiger partial charge in [-0.3, -0.25) is 18.2 Å². The van der Waals surface area contributed by atoms with Crippen LogP contribution in [0.3, 0.4) is 0 Å². The summed E-state index contributed by atoms with van der Waals surface area (Å²) in [5, 5.41) is -1.17. The van der Waals surface area contributed by atoms with Crippen molar-refractivity contribution in [3.63, 3.8) is 0 Å². The fourth-order valence-corrected chi connectivity index (χ4v) is 11.7. The second kappa shape index (κ2) is 18.3. The molecule has 5 heterocycles. The van der Waals surface area contributed by atoms with Gasteiger partial charge in [-0.25, -0.2) is 29.9 Å². The fourth-order valence-electron chi connectivity index (χ4n) is 6.75. The summed E-state index contributed by atoms with van der Waals surface area (Å²) in [5.41, 5.74) is 0.187. The Morgan fingerprint density at radius 2 is 0.607 bits per heavy atom. The average Bonchev–Trinajstić information content (AvgIpc) is 3.84. The molecule has 61 heavy (non-hydrogen) atoms.